The van der Waals surface area contributed by atoms with Crippen LogP contribution in [0.1, 0.15) is 19.4 Å². The highest BCUT2D eigenvalue weighted by atomic mass is 16.3. The Kier molecular flexibility index (Phi) is 2.94. The third-order valence-electron chi connectivity index (χ3n) is 2.88. The molecule has 4 nitrogen and oxygen atoms in total. The van der Waals surface area contributed by atoms with Crippen LogP contribution in [0.4, 0.5) is 0 Å². The molecule has 0 aliphatic rings. The number of aromatic amines is 1. The minimum absolute atomic E-state index is 0.00965. The van der Waals surface area contributed by atoms with E-state index < -0.39 is 0 Å². The van der Waals surface area contributed by atoms with Crippen molar-refractivity contribution >= 4 is 11.0 Å². The van der Waals surface area contributed by atoms with Crippen LogP contribution in [-0.2, 0) is 5.41 Å². The molecule has 1 heterocycles. The van der Waals surface area contributed by atoms with Crippen LogP contribution in [-0.4, -0.2) is 28.4 Å². The second-order valence-electron chi connectivity index (χ2n) is 4.60. The minimum Gasteiger partial charge on any atom is -0.381 e. The van der Waals surface area contributed by atoms with Crippen molar-refractivity contribution in [3.05, 3.63) is 30.1 Å². The van der Waals surface area contributed by atoms with Gasteiger partial charge < -0.3 is 10.1 Å². The van der Waals surface area contributed by atoms with Gasteiger partial charge in [0.2, 0.25) is 0 Å². The number of aliphatic hydroxyl groups excluding tert-OH is 1. The maximum absolute atomic E-state index is 8.79. The predicted molar refractivity (Wildman–Crippen MR) is 64.2 cm³/mol. The normalized spacial score (nSPS) is 12.2. The van der Waals surface area contributed by atoms with Gasteiger partial charge in [0.05, 0.1) is 24.1 Å². The van der Waals surface area contributed by atoms with E-state index in [2.05, 4.69) is 41.3 Å². The van der Waals surface area contributed by atoms with Gasteiger partial charge >= 0.3 is 0 Å². The standard InChI is InChI=1S/C12H17N3O/c1-12(2,6-13-8-16)9-3-4-10-11(5-9)15-7-14-10/h3-5,7,13,16H,6,8H2,1-2H3,(H,14,15). The Morgan fingerprint density at radius 2 is 2.25 bits per heavy atom. The summed E-state index contributed by atoms with van der Waals surface area (Å²) in [5.41, 5.74) is 3.25. The number of benzene rings is 1. The van der Waals surface area contributed by atoms with Crippen LogP contribution >= 0.6 is 0 Å². The van der Waals surface area contributed by atoms with E-state index in [1.54, 1.807) is 6.33 Å². The van der Waals surface area contributed by atoms with E-state index in [0.717, 1.165) is 17.6 Å². The summed E-state index contributed by atoms with van der Waals surface area (Å²) in [6.07, 6.45) is 1.70. The van der Waals surface area contributed by atoms with Gasteiger partial charge in [-0.15, -0.1) is 0 Å². The molecule has 0 aliphatic carbocycles. The highest BCUT2D eigenvalue weighted by Gasteiger charge is 2.20. The van der Waals surface area contributed by atoms with Crippen LogP contribution in [0.3, 0.4) is 0 Å². The van der Waals surface area contributed by atoms with Crippen LogP contribution in [0.15, 0.2) is 24.5 Å². The highest BCUT2D eigenvalue weighted by molar-refractivity contribution is 5.75. The number of nitrogens with zero attached hydrogens (tertiary/aromatic N) is 1. The van der Waals surface area contributed by atoms with Crippen LogP contribution in [0, 0.1) is 0 Å². The summed E-state index contributed by atoms with van der Waals surface area (Å²) in [7, 11) is 0. The van der Waals surface area contributed by atoms with E-state index in [9.17, 15) is 0 Å². The van der Waals surface area contributed by atoms with Crippen LogP contribution < -0.4 is 5.32 Å². The van der Waals surface area contributed by atoms with Gasteiger partial charge in [-0.2, -0.15) is 0 Å². The van der Waals surface area contributed by atoms with Crippen molar-refractivity contribution < 1.29 is 5.11 Å². The maximum atomic E-state index is 8.79. The first-order chi connectivity index (χ1) is 7.63. The quantitative estimate of drug-likeness (QED) is 0.681. The molecule has 0 amide bonds. The van der Waals surface area contributed by atoms with E-state index in [1.807, 2.05) is 6.07 Å². The van der Waals surface area contributed by atoms with E-state index in [1.165, 1.54) is 5.56 Å². The monoisotopic (exact) mass is 219 g/mol. The second kappa shape index (κ2) is 4.23. The third-order valence-corrected chi connectivity index (χ3v) is 2.88. The fourth-order valence-corrected chi connectivity index (χ4v) is 1.83. The van der Waals surface area contributed by atoms with Crippen molar-refractivity contribution in [2.75, 3.05) is 13.3 Å². The largest absolute Gasteiger partial charge is 0.381 e. The van der Waals surface area contributed by atoms with Crippen molar-refractivity contribution in [1.82, 2.24) is 15.3 Å². The first-order valence-corrected chi connectivity index (χ1v) is 5.39. The lowest BCUT2D eigenvalue weighted by molar-refractivity contribution is 0.248. The van der Waals surface area contributed by atoms with Gasteiger partial charge in [0, 0.05) is 12.0 Å². The topological polar surface area (TPSA) is 60.9 Å². The van der Waals surface area contributed by atoms with Crippen LogP contribution in [0.25, 0.3) is 11.0 Å². The summed E-state index contributed by atoms with van der Waals surface area (Å²) < 4.78 is 0. The van der Waals surface area contributed by atoms with E-state index in [-0.39, 0.29) is 12.1 Å². The summed E-state index contributed by atoms with van der Waals surface area (Å²) in [6, 6.07) is 6.21. The molecule has 3 N–H and O–H groups in total. The Balaban J connectivity index is 2.30. The zero-order chi connectivity index (χ0) is 11.6. The summed E-state index contributed by atoms with van der Waals surface area (Å²) >= 11 is 0. The molecule has 1 aromatic carbocycles. The van der Waals surface area contributed by atoms with Gasteiger partial charge in [-0.25, -0.2) is 4.98 Å². The molecule has 1 aromatic heterocycles. The Morgan fingerprint density at radius 1 is 1.44 bits per heavy atom. The predicted octanol–water partition coefficient (Wildman–Crippen LogP) is 1.38. The third kappa shape index (κ3) is 2.08. The molecule has 0 aliphatic heterocycles. The number of aromatic nitrogens is 2. The van der Waals surface area contributed by atoms with Gasteiger partial charge in [0.15, 0.2) is 0 Å². The van der Waals surface area contributed by atoms with Gasteiger partial charge in [-0.3, -0.25) is 5.32 Å². The first kappa shape index (κ1) is 11.1. The van der Waals surface area contributed by atoms with Crippen LogP contribution in [0.5, 0.6) is 0 Å². The summed E-state index contributed by atoms with van der Waals surface area (Å²) in [5, 5.41) is 11.7. The average Bonchev–Trinajstić information content (AvgIpc) is 2.73. The summed E-state index contributed by atoms with van der Waals surface area (Å²) in [5.74, 6) is 0. The summed E-state index contributed by atoms with van der Waals surface area (Å²) in [6.45, 7) is 5.04. The lowest BCUT2D eigenvalue weighted by Crippen LogP contribution is -2.33. The molecule has 16 heavy (non-hydrogen) atoms. The van der Waals surface area contributed by atoms with Crippen molar-refractivity contribution in [3.63, 3.8) is 0 Å². The number of fused-ring (bicyclic) bond motifs is 1. The van der Waals surface area contributed by atoms with E-state index in [4.69, 9.17) is 5.11 Å². The Labute approximate surface area is 94.7 Å². The molecular formula is C12H17N3O. The molecular weight excluding hydrogens is 202 g/mol. The van der Waals surface area contributed by atoms with Crippen molar-refractivity contribution in [2.45, 2.75) is 19.3 Å². The molecule has 0 saturated carbocycles. The Bertz CT molecular complexity index is 476. The highest BCUT2D eigenvalue weighted by Crippen LogP contribution is 2.24. The van der Waals surface area contributed by atoms with E-state index in [0.29, 0.717) is 0 Å². The van der Waals surface area contributed by atoms with Gasteiger partial charge in [0.1, 0.15) is 0 Å². The summed E-state index contributed by atoms with van der Waals surface area (Å²) in [4.78, 5) is 7.30. The first-order valence-electron chi connectivity index (χ1n) is 5.39. The number of H-pyrrole nitrogens is 1. The van der Waals surface area contributed by atoms with Crippen LogP contribution in [0.2, 0.25) is 0 Å². The molecule has 2 aromatic rings. The number of nitrogens with one attached hydrogen (secondary N) is 2. The molecule has 0 spiro atoms. The zero-order valence-corrected chi connectivity index (χ0v) is 9.62. The minimum atomic E-state index is -0.0119. The number of imidazole rings is 1. The molecule has 86 valence electrons. The molecule has 0 bridgehead atoms. The SMILES string of the molecule is CC(C)(CNCO)c1ccc2nc[nH]c2c1. The Morgan fingerprint density at radius 3 is 3.00 bits per heavy atom. The fraction of sp³-hybridized carbons (Fsp3) is 0.417. The van der Waals surface area contributed by atoms with Gasteiger partial charge in [-0.1, -0.05) is 19.9 Å². The van der Waals surface area contributed by atoms with Crippen molar-refractivity contribution in [1.29, 1.82) is 0 Å². The van der Waals surface area contributed by atoms with Gasteiger partial charge in [0.25, 0.3) is 0 Å². The molecule has 0 atom stereocenters. The lowest BCUT2D eigenvalue weighted by Gasteiger charge is -2.25. The number of rotatable bonds is 4. The molecule has 2 rings (SSSR count). The molecule has 0 saturated heterocycles. The average molecular weight is 219 g/mol. The lowest BCUT2D eigenvalue weighted by atomic mass is 9.84. The van der Waals surface area contributed by atoms with Gasteiger partial charge in [-0.05, 0) is 17.7 Å². The van der Waals surface area contributed by atoms with Crippen molar-refractivity contribution in [3.8, 4) is 0 Å². The molecule has 0 unspecified atom stereocenters. The molecule has 0 radical (unpaired) electrons. The smallest absolute Gasteiger partial charge is 0.0931 e. The maximum Gasteiger partial charge on any atom is 0.0931 e. The number of aliphatic hydroxyl groups is 1. The van der Waals surface area contributed by atoms with Crippen molar-refractivity contribution in [2.24, 2.45) is 0 Å². The van der Waals surface area contributed by atoms with E-state index >= 15 is 0 Å². The number of hydrogen-bond donors (Lipinski definition) is 3. The molecule has 0 fully saturated rings. The molecule has 4 heteroatoms. The second-order valence-corrected chi connectivity index (χ2v) is 4.60. The zero-order valence-electron chi connectivity index (χ0n) is 9.62. The fourth-order valence-electron chi connectivity index (χ4n) is 1.83. The number of hydrogen-bond acceptors (Lipinski definition) is 3. The Hall–Kier alpha value is -1.39.